The molecule has 0 bridgehead atoms. The van der Waals surface area contributed by atoms with Crippen molar-refractivity contribution in [3.05, 3.63) is 47.0 Å². The van der Waals surface area contributed by atoms with Crippen LogP contribution in [0.15, 0.2) is 34.4 Å². The number of aromatic nitrogens is 1. The number of allylic oxidation sites excluding steroid dienone is 3. The number of rotatable bonds is 7. The van der Waals surface area contributed by atoms with E-state index in [0.717, 1.165) is 58.7 Å². The molecule has 25 heavy (non-hydrogen) atoms. The van der Waals surface area contributed by atoms with Gasteiger partial charge in [-0.2, -0.15) is 11.8 Å². The summed E-state index contributed by atoms with van der Waals surface area (Å²) in [6.07, 6.45) is 9.13. The van der Waals surface area contributed by atoms with Crippen molar-refractivity contribution in [2.75, 3.05) is 13.3 Å². The van der Waals surface area contributed by atoms with Crippen LogP contribution in [0.1, 0.15) is 49.6 Å². The lowest BCUT2D eigenvalue weighted by Gasteiger charge is -2.11. The summed E-state index contributed by atoms with van der Waals surface area (Å²) >= 11 is 1.78. The second-order valence-electron chi connectivity index (χ2n) is 6.83. The molecule has 132 valence electrons. The van der Waals surface area contributed by atoms with Crippen LogP contribution in [0.5, 0.6) is 0 Å². The SMILES string of the molecule is CSCc1cc(/C(C=C(C)C)=C/N(C)C=O)c2oc(C3CC3)nc2c1. The Bertz CT molecular complexity index is 843. The van der Waals surface area contributed by atoms with Crippen LogP contribution in [-0.4, -0.2) is 29.6 Å². The number of carbonyl (C=O) groups excluding carboxylic acids is 1. The van der Waals surface area contributed by atoms with E-state index < -0.39 is 0 Å². The van der Waals surface area contributed by atoms with Gasteiger partial charge in [-0.1, -0.05) is 11.6 Å². The number of nitrogens with zero attached hydrogens (tertiary/aromatic N) is 2. The number of fused-ring (bicyclic) bond motifs is 1. The molecule has 1 aliphatic carbocycles. The molecule has 1 aromatic carbocycles. The van der Waals surface area contributed by atoms with E-state index in [4.69, 9.17) is 9.40 Å². The first-order valence-electron chi connectivity index (χ1n) is 8.48. The second kappa shape index (κ2) is 7.48. The number of carbonyl (C=O) groups is 1. The monoisotopic (exact) mass is 356 g/mol. The lowest BCUT2D eigenvalue weighted by molar-refractivity contribution is -0.114. The highest BCUT2D eigenvalue weighted by Crippen LogP contribution is 2.42. The van der Waals surface area contributed by atoms with E-state index in [1.165, 1.54) is 10.5 Å². The third-order valence-electron chi connectivity index (χ3n) is 4.07. The molecular formula is C20H24N2O2S. The van der Waals surface area contributed by atoms with E-state index in [9.17, 15) is 4.79 Å². The minimum Gasteiger partial charge on any atom is -0.440 e. The van der Waals surface area contributed by atoms with Crippen molar-refractivity contribution in [2.45, 2.75) is 38.4 Å². The summed E-state index contributed by atoms with van der Waals surface area (Å²) in [5.41, 5.74) is 6.06. The van der Waals surface area contributed by atoms with Crippen LogP contribution in [0, 0.1) is 0 Å². The van der Waals surface area contributed by atoms with Crippen LogP contribution in [0.4, 0.5) is 0 Å². The Morgan fingerprint density at radius 3 is 2.76 bits per heavy atom. The van der Waals surface area contributed by atoms with Crippen LogP contribution >= 0.6 is 11.8 Å². The number of hydrogen-bond acceptors (Lipinski definition) is 4. The molecule has 0 unspecified atom stereocenters. The molecule has 5 heteroatoms. The quantitative estimate of drug-likeness (QED) is 0.519. The van der Waals surface area contributed by atoms with Crippen LogP contribution < -0.4 is 0 Å². The predicted octanol–water partition coefficient (Wildman–Crippen LogP) is 4.96. The fourth-order valence-corrected chi connectivity index (χ4v) is 3.32. The molecule has 0 N–H and O–H groups in total. The zero-order valence-corrected chi connectivity index (χ0v) is 16.0. The van der Waals surface area contributed by atoms with Crippen molar-refractivity contribution in [3.63, 3.8) is 0 Å². The van der Waals surface area contributed by atoms with E-state index in [2.05, 4.69) is 24.5 Å². The zero-order chi connectivity index (χ0) is 18.0. The summed E-state index contributed by atoms with van der Waals surface area (Å²) < 4.78 is 6.14. The van der Waals surface area contributed by atoms with Gasteiger partial charge in [0.25, 0.3) is 0 Å². The smallest absolute Gasteiger partial charge is 0.213 e. The molecule has 4 nitrogen and oxygen atoms in total. The van der Waals surface area contributed by atoms with Crippen molar-refractivity contribution < 1.29 is 9.21 Å². The molecule has 0 radical (unpaired) electrons. The number of amides is 1. The van der Waals surface area contributed by atoms with Gasteiger partial charge in [-0.15, -0.1) is 0 Å². The molecule has 3 rings (SSSR count). The minimum absolute atomic E-state index is 0.470. The van der Waals surface area contributed by atoms with Gasteiger partial charge in [0, 0.05) is 36.1 Å². The van der Waals surface area contributed by atoms with Gasteiger partial charge in [-0.25, -0.2) is 4.98 Å². The predicted molar refractivity (Wildman–Crippen MR) is 104 cm³/mol. The Kier molecular flexibility index (Phi) is 5.33. The van der Waals surface area contributed by atoms with Crippen molar-refractivity contribution in [3.8, 4) is 0 Å². The maximum absolute atomic E-state index is 11.1. The summed E-state index contributed by atoms with van der Waals surface area (Å²) in [7, 11) is 1.74. The van der Waals surface area contributed by atoms with Gasteiger partial charge in [-0.3, -0.25) is 4.79 Å². The van der Waals surface area contributed by atoms with Crippen LogP contribution in [0.25, 0.3) is 16.7 Å². The van der Waals surface area contributed by atoms with Gasteiger partial charge in [0.2, 0.25) is 6.41 Å². The molecule has 0 aliphatic heterocycles. The van der Waals surface area contributed by atoms with Gasteiger partial charge in [-0.05, 0) is 50.6 Å². The first kappa shape index (κ1) is 17.8. The van der Waals surface area contributed by atoms with Gasteiger partial charge >= 0.3 is 0 Å². The van der Waals surface area contributed by atoms with Gasteiger partial charge < -0.3 is 9.32 Å². The highest BCUT2D eigenvalue weighted by Gasteiger charge is 2.29. The third-order valence-corrected chi connectivity index (χ3v) is 4.69. The Balaban J connectivity index is 2.20. The van der Waals surface area contributed by atoms with Crippen molar-refractivity contribution in [2.24, 2.45) is 0 Å². The molecule has 1 aromatic heterocycles. The average molecular weight is 356 g/mol. The van der Waals surface area contributed by atoms with Crippen LogP contribution in [0.3, 0.4) is 0 Å². The topological polar surface area (TPSA) is 46.3 Å². The van der Waals surface area contributed by atoms with Crippen molar-refractivity contribution in [1.29, 1.82) is 0 Å². The van der Waals surface area contributed by atoms with Gasteiger partial charge in [0.05, 0.1) is 0 Å². The van der Waals surface area contributed by atoms with Gasteiger partial charge in [0.15, 0.2) is 11.5 Å². The highest BCUT2D eigenvalue weighted by atomic mass is 32.2. The van der Waals surface area contributed by atoms with E-state index in [1.807, 2.05) is 20.0 Å². The fraction of sp³-hybridized carbons (Fsp3) is 0.400. The molecule has 1 fully saturated rings. The molecule has 0 spiro atoms. The fourth-order valence-electron chi connectivity index (χ4n) is 2.82. The first-order chi connectivity index (χ1) is 12.0. The average Bonchev–Trinajstić information content (AvgIpc) is 3.33. The summed E-state index contributed by atoms with van der Waals surface area (Å²) in [6, 6.07) is 4.28. The molecule has 1 aliphatic rings. The third kappa shape index (κ3) is 4.15. The standard InChI is InChI=1S/C20H24N2O2S/c1-13(2)7-16(10-22(3)12-23)17-8-14(11-25-4)9-18-19(17)24-20(21-18)15-5-6-15/h7-10,12,15H,5-6,11H2,1-4H3/b16-10+. The van der Waals surface area contributed by atoms with E-state index in [-0.39, 0.29) is 0 Å². The normalized spacial score (nSPS) is 14.6. The summed E-state index contributed by atoms with van der Waals surface area (Å²) in [5.74, 6) is 2.23. The van der Waals surface area contributed by atoms with Crippen molar-refractivity contribution in [1.82, 2.24) is 9.88 Å². The summed E-state index contributed by atoms with van der Waals surface area (Å²) in [6.45, 7) is 4.10. The second-order valence-corrected chi connectivity index (χ2v) is 7.69. The molecule has 0 atom stereocenters. The Morgan fingerprint density at radius 1 is 1.40 bits per heavy atom. The van der Waals surface area contributed by atoms with Gasteiger partial charge in [0.1, 0.15) is 5.52 Å². The maximum Gasteiger partial charge on any atom is 0.213 e. The van der Waals surface area contributed by atoms with E-state index in [1.54, 1.807) is 18.8 Å². The number of hydrogen-bond donors (Lipinski definition) is 0. The first-order valence-corrected chi connectivity index (χ1v) is 9.87. The van der Waals surface area contributed by atoms with E-state index >= 15 is 0 Å². The largest absolute Gasteiger partial charge is 0.440 e. The van der Waals surface area contributed by atoms with Crippen molar-refractivity contribution >= 4 is 34.8 Å². The number of oxazole rings is 1. The molecule has 1 heterocycles. The molecule has 0 saturated heterocycles. The lowest BCUT2D eigenvalue weighted by Crippen LogP contribution is -2.07. The highest BCUT2D eigenvalue weighted by molar-refractivity contribution is 7.97. The summed E-state index contributed by atoms with van der Waals surface area (Å²) in [4.78, 5) is 17.4. The maximum atomic E-state index is 11.1. The molecule has 2 aromatic rings. The summed E-state index contributed by atoms with van der Waals surface area (Å²) in [5, 5.41) is 0. The molecule has 1 amide bonds. The Morgan fingerprint density at radius 2 is 2.16 bits per heavy atom. The minimum atomic E-state index is 0.470. The number of benzene rings is 1. The van der Waals surface area contributed by atoms with Crippen LogP contribution in [0.2, 0.25) is 0 Å². The molecule has 1 saturated carbocycles. The number of thioether (sulfide) groups is 1. The lowest BCUT2D eigenvalue weighted by atomic mass is 10.0. The Hall–Kier alpha value is -2.01. The van der Waals surface area contributed by atoms with Crippen LogP contribution in [-0.2, 0) is 10.5 Å². The molecular weight excluding hydrogens is 332 g/mol. The van der Waals surface area contributed by atoms with E-state index in [0.29, 0.717) is 5.92 Å². The zero-order valence-electron chi connectivity index (χ0n) is 15.2. The Labute approximate surface area is 153 Å².